The number of amides is 1. The molecule has 0 unspecified atom stereocenters. The summed E-state index contributed by atoms with van der Waals surface area (Å²) >= 11 is 0. The maximum atomic E-state index is 11.8. The van der Waals surface area contributed by atoms with Crippen molar-refractivity contribution in [2.45, 2.75) is 6.92 Å². The predicted octanol–water partition coefficient (Wildman–Crippen LogP) is 3.25. The monoisotopic (exact) mass is 281 g/mol. The van der Waals surface area contributed by atoms with Crippen molar-refractivity contribution < 1.29 is 14.7 Å². The van der Waals surface area contributed by atoms with Crippen LogP contribution in [0.3, 0.4) is 0 Å². The SMILES string of the molecule is CC(=O)c1ccc(NC(=O)/C=C/c2ccc(O)cc2)cc1. The van der Waals surface area contributed by atoms with Gasteiger partial charge < -0.3 is 10.4 Å². The summed E-state index contributed by atoms with van der Waals surface area (Å²) in [5.74, 6) is -0.0964. The van der Waals surface area contributed by atoms with Crippen molar-refractivity contribution in [2.24, 2.45) is 0 Å². The zero-order valence-electron chi connectivity index (χ0n) is 11.5. The lowest BCUT2D eigenvalue weighted by molar-refractivity contribution is -0.111. The number of phenols is 1. The highest BCUT2D eigenvalue weighted by Crippen LogP contribution is 2.12. The summed E-state index contributed by atoms with van der Waals surface area (Å²) in [5, 5.41) is 11.9. The van der Waals surface area contributed by atoms with Crippen LogP contribution < -0.4 is 5.32 Å². The molecule has 0 heterocycles. The molecule has 0 aromatic heterocycles. The number of hydrogen-bond acceptors (Lipinski definition) is 3. The van der Waals surface area contributed by atoms with Crippen LogP contribution in [0, 0.1) is 0 Å². The first-order valence-corrected chi connectivity index (χ1v) is 6.44. The normalized spacial score (nSPS) is 10.5. The topological polar surface area (TPSA) is 66.4 Å². The Morgan fingerprint density at radius 3 is 2.19 bits per heavy atom. The molecule has 2 aromatic carbocycles. The van der Waals surface area contributed by atoms with Crippen LogP contribution in [0.1, 0.15) is 22.8 Å². The predicted molar refractivity (Wildman–Crippen MR) is 82.2 cm³/mol. The molecule has 0 aliphatic rings. The van der Waals surface area contributed by atoms with Crippen molar-refractivity contribution in [3.63, 3.8) is 0 Å². The van der Waals surface area contributed by atoms with Gasteiger partial charge in [0.05, 0.1) is 0 Å². The third-order valence-corrected chi connectivity index (χ3v) is 2.88. The van der Waals surface area contributed by atoms with Gasteiger partial charge in [0.15, 0.2) is 5.78 Å². The summed E-state index contributed by atoms with van der Waals surface area (Å²) in [6.45, 7) is 1.49. The molecule has 0 saturated carbocycles. The number of Topliss-reactive ketones (excluding diaryl/α,β-unsaturated/α-hetero) is 1. The zero-order valence-corrected chi connectivity index (χ0v) is 11.5. The van der Waals surface area contributed by atoms with Gasteiger partial charge in [-0.25, -0.2) is 0 Å². The first-order chi connectivity index (χ1) is 10.0. The molecule has 21 heavy (non-hydrogen) atoms. The minimum atomic E-state index is -0.265. The van der Waals surface area contributed by atoms with E-state index in [1.165, 1.54) is 13.0 Å². The van der Waals surface area contributed by atoms with Gasteiger partial charge in [0, 0.05) is 17.3 Å². The van der Waals surface area contributed by atoms with E-state index < -0.39 is 0 Å². The van der Waals surface area contributed by atoms with Crippen molar-refractivity contribution in [3.8, 4) is 5.75 Å². The fourth-order valence-electron chi connectivity index (χ4n) is 1.73. The Hall–Kier alpha value is -2.88. The summed E-state index contributed by atoms with van der Waals surface area (Å²) in [6.07, 6.45) is 3.06. The molecule has 4 heteroatoms. The number of nitrogens with one attached hydrogen (secondary N) is 1. The number of carbonyl (C=O) groups excluding carboxylic acids is 2. The van der Waals surface area contributed by atoms with Crippen LogP contribution in [0.2, 0.25) is 0 Å². The third kappa shape index (κ3) is 4.31. The number of benzene rings is 2. The smallest absolute Gasteiger partial charge is 0.248 e. The Labute approximate surface area is 122 Å². The number of aromatic hydroxyl groups is 1. The fraction of sp³-hybridized carbons (Fsp3) is 0.0588. The molecule has 2 N–H and O–H groups in total. The number of anilines is 1. The van der Waals surface area contributed by atoms with E-state index in [2.05, 4.69) is 5.32 Å². The maximum Gasteiger partial charge on any atom is 0.248 e. The Morgan fingerprint density at radius 2 is 1.62 bits per heavy atom. The van der Waals surface area contributed by atoms with E-state index in [-0.39, 0.29) is 17.4 Å². The molecule has 0 atom stereocenters. The molecule has 2 aromatic rings. The summed E-state index contributed by atoms with van der Waals surface area (Å²) in [7, 11) is 0. The van der Waals surface area contributed by atoms with Crippen molar-refractivity contribution in [3.05, 3.63) is 65.7 Å². The first kappa shape index (κ1) is 14.5. The third-order valence-electron chi connectivity index (χ3n) is 2.88. The van der Waals surface area contributed by atoms with E-state index in [1.807, 2.05) is 0 Å². The minimum Gasteiger partial charge on any atom is -0.508 e. The van der Waals surface area contributed by atoms with E-state index in [9.17, 15) is 9.59 Å². The summed E-state index contributed by atoms with van der Waals surface area (Å²) in [5.41, 5.74) is 2.04. The van der Waals surface area contributed by atoms with Crippen molar-refractivity contribution >= 4 is 23.5 Å². The van der Waals surface area contributed by atoms with Crippen LogP contribution in [-0.2, 0) is 4.79 Å². The number of carbonyl (C=O) groups is 2. The second-order valence-electron chi connectivity index (χ2n) is 4.55. The number of rotatable bonds is 4. The Bertz CT molecular complexity index is 670. The molecule has 0 radical (unpaired) electrons. The van der Waals surface area contributed by atoms with Gasteiger partial charge in [0.25, 0.3) is 0 Å². The molecule has 1 amide bonds. The molecule has 4 nitrogen and oxygen atoms in total. The number of phenolic OH excluding ortho intramolecular Hbond substituents is 1. The van der Waals surface area contributed by atoms with Crippen LogP contribution in [0.5, 0.6) is 5.75 Å². The molecule has 0 spiro atoms. The summed E-state index contributed by atoms with van der Waals surface area (Å²) in [4.78, 5) is 22.9. The van der Waals surface area contributed by atoms with Gasteiger partial charge in [-0.15, -0.1) is 0 Å². The van der Waals surface area contributed by atoms with E-state index in [4.69, 9.17) is 5.11 Å². The maximum absolute atomic E-state index is 11.8. The van der Waals surface area contributed by atoms with Crippen LogP contribution in [0.25, 0.3) is 6.08 Å². The molecule has 0 bridgehead atoms. The second-order valence-corrected chi connectivity index (χ2v) is 4.55. The Kier molecular flexibility index (Phi) is 4.51. The molecule has 106 valence electrons. The van der Waals surface area contributed by atoms with E-state index in [1.54, 1.807) is 54.6 Å². The molecule has 0 aliphatic carbocycles. The quantitative estimate of drug-likeness (QED) is 0.668. The van der Waals surface area contributed by atoms with Gasteiger partial charge in [-0.2, -0.15) is 0 Å². The molecule has 2 rings (SSSR count). The highest BCUT2D eigenvalue weighted by atomic mass is 16.3. The van der Waals surface area contributed by atoms with E-state index >= 15 is 0 Å². The average Bonchev–Trinajstić information content (AvgIpc) is 2.47. The van der Waals surface area contributed by atoms with Gasteiger partial charge >= 0.3 is 0 Å². The van der Waals surface area contributed by atoms with Crippen LogP contribution in [0.15, 0.2) is 54.6 Å². The van der Waals surface area contributed by atoms with Crippen molar-refractivity contribution in [1.29, 1.82) is 0 Å². The molecule has 0 aliphatic heterocycles. The molecular formula is C17H15NO3. The Morgan fingerprint density at radius 1 is 1.00 bits per heavy atom. The molecular weight excluding hydrogens is 266 g/mol. The lowest BCUT2D eigenvalue weighted by Gasteiger charge is -2.03. The lowest BCUT2D eigenvalue weighted by atomic mass is 10.1. The average molecular weight is 281 g/mol. The second kappa shape index (κ2) is 6.52. The summed E-state index contributed by atoms with van der Waals surface area (Å²) in [6, 6.07) is 13.2. The van der Waals surface area contributed by atoms with Crippen molar-refractivity contribution in [1.82, 2.24) is 0 Å². The lowest BCUT2D eigenvalue weighted by Crippen LogP contribution is -2.07. The van der Waals surface area contributed by atoms with Gasteiger partial charge in [0.1, 0.15) is 5.75 Å². The Balaban J connectivity index is 1.98. The number of hydrogen-bond donors (Lipinski definition) is 2. The zero-order chi connectivity index (χ0) is 15.2. The molecule has 0 saturated heterocycles. The van der Waals surface area contributed by atoms with Crippen molar-refractivity contribution in [2.75, 3.05) is 5.32 Å². The van der Waals surface area contributed by atoms with Crippen LogP contribution in [0.4, 0.5) is 5.69 Å². The number of ketones is 1. The highest BCUT2D eigenvalue weighted by molar-refractivity contribution is 6.02. The van der Waals surface area contributed by atoms with Crippen LogP contribution >= 0.6 is 0 Å². The highest BCUT2D eigenvalue weighted by Gasteiger charge is 2.01. The van der Waals surface area contributed by atoms with Gasteiger partial charge in [-0.3, -0.25) is 9.59 Å². The van der Waals surface area contributed by atoms with E-state index in [0.717, 1.165) is 5.56 Å². The van der Waals surface area contributed by atoms with E-state index in [0.29, 0.717) is 11.3 Å². The minimum absolute atomic E-state index is 0.0138. The molecule has 0 fully saturated rings. The standard InChI is InChI=1S/C17H15NO3/c1-12(19)14-5-7-15(8-6-14)18-17(21)11-4-13-2-9-16(20)10-3-13/h2-11,20H,1H3,(H,18,21)/b11-4+. The van der Waals surface area contributed by atoms with Gasteiger partial charge in [-0.05, 0) is 55.0 Å². The fourth-order valence-corrected chi connectivity index (χ4v) is 1.73. The van der Waals surface area contributed by atoms with Gasteiger partial charge in [-0.1, -0.05) is 12.1 Å². The van der Waals surface area contributed by atoms with Gasteiger partial charge in [0.2, 0.25) is 5.91 Å². The van der Waals surface area contributed by atoms with Crippen LogP contribution in [-0.4, -0.2) is 16.8 Å². The first-order valence-electron chi connectivity index (χ1n) is 6.44. The largest absolute Gasteiger partial charge is 0.508 e. The summed E-state index contributed by atoms with van der Waals surface area (Å²) < 4.78 is 0.